The van der Waals surface area contributed by atoms with Crippen LogP contribution in [0.3, 0.4) is 0 Å². The van der Waals surface area contributed by atoms with Gasteiger partial charge in [0.25, 0.3) is 0 Å². The minimum atomic E-state index is -1.19. The number of carbonyl (C=O) groups excluding carboxylic acids is 1. The quantitative estimate of drug-likeness (QED) is 0.561. The van der Waals surface area contributed by atoms with E-state index in [2.05, 4.69) is 4.74 Å². The van der Waals surface area contributed by atoms with Crippen LogP contribution in [0.5, 0.6) is 0 Å². The Labute approximate surface area is 86.1 Å². The second kappa shape index (κ2) is 7.30. The number of ether oxygens (including phenoxy) is 1. The standard InChI is InChI=1S/C8H9N3O4/c9-1-3-11(4-2-10)7(12)5-15-6-8(13)14/h3-6H2,(H,13,14). The lowest BCUT2D eigenvalue weighted by Crippen LogP contribution is -2.35. The first-order valence-electron chi connectivity index (χ1n) is 3.93. The molecule has 0 aromatic carbocycles. The number of hydrogen-bond donors (Lipinski definition) is 1. The van der Waals surface area contributed by atoms with Crippen molar-refractivity contribution in [2.45, 2.75) is 0 Å². The van der Waals surface area contributed by atoms with Crippen LogP contribution in [0, 0.1) is 22.7 Å². The number of rotatable bonds is 6. The van der Waals surface area contributed by atoms with Crippen LogP contribution in [0.2, 0.25) is 0 Å². The molecule has 1 amide bonds. The van der Waals surface area contributed by atoms with Crippen LogP contribution >= 0.6 is 0 Å². The molecule has 15 heavy (non-hydrogen) atoms. The lowest BCUT2D eigenvalue weighted by molar-refractivity contribution is -0.145. The SMILES string of the molecule is N#CCN(CC#N)C(=O)COCC(=O)O. The normalized spacial score (nSPS) is 8.67. The van der Waals surface area contributed by atoms with Crippen molar-refractivity contribution < 1.29 is 19.4 Å². The summed E-state index contributed by atoms with van der Waals surface area (Å²) in [6, 6.07) is 3.43. The van der Waals surface area contributed by atoms with Crippen LogP contribution in [0.25, 0.3) is 0 Å². The molecule has 0 aliphatic carbocycles. The summed E-state index contributed by atoms with van der Waals surface area (Å²) in [6.45, 7) is -1.47. The summed E-state index contributed by atoms with van der Waals surface area (Å²) in [7, 11) is 0. The van der Waals surface area contributed by atoms with E-state index in [-0.39, 0.29) is 13.1 Å². The van der Waals surface area contributed by atoms with Crippen LogP contribution in [-0.4, -0.2) is 48.2 Å². The van der Waals surface area contributed by atoms with Crippen molar-refractivity contribution in [1.29, 1.82) is 10.5 Å². The van der Waals surface area contributed by atoms with Crippen molar-refractivity contribution in [2.75, 3.05) is 26.3 Å². The molecule has 0 unspecified atom stereocenters. The number of hydrogen-bond acceptors (Lipinski definition) is 5. The Kier molecular flexibility index (Phi) is 6.27. The van der Waals surface area contributed by atoms with Gasteiger partial charge < -0.3 is 14.7 Å². The lowest BCUT2D eigenvalue weighted by Gasteiger charge is -2.14. The predicted molar refractivity (Wildman–Crippen MR) is 46.3 cm³/mol. The number of carboxylic acid groups (broad SMARTS) is 1. The van der Waals surface area contributed by atoms with Gasteiger partial charge in [-0.1, -0.05) is 0 Å². The number of amides is 1. The summed E-state index contributed by atoms with van der Waals surface area (Å²) >= 11 is 0. The fourth-order valence-corrected chi connectivity index (χ4v) is 0.720. The van der Waals surface area contributed by atoms with E-state index >= 15 is 0 Å². The van der Waals surface area contributed by atoms with Crippen LogP contribution in [0.4, 0.5) is 0 Å². The molecule has 80 valence electrons. The fourth-order valence-electron chi connectivity index (χ4n) is 0.720. The second-order valence-corrected chi connectivity index (χ2v) is 2.45. The molecule has 7 heteroatoms. The fraction of sp³-hybridized carbons (Fsp3) is 0.500. The van der Waals surface area contributed by atoms with E-state index in [1.807, 2.05) is 0 Å². The number of aliphatic carboxylic acids is 1. The molecule has 0 aliphatic rings. The zero-order valence-corrected chi connectivity index (χ0v) is 7.84. The lowest BCUT2D eigenvalue weighted by atomic mass is 10.4. The molecule has 0 aromatic heterocycles. The summed E-state index contributed by atoms with van der Waals surface area (Å²) in [4.78, 5) is 22.2. The Hall–Kier alpha value is -2.12. The molecule has 0 saturated heterocycles. The molecule has 0 spiro atoms. The Balaban J connectivity index is 3.99. The Bertz CT molecular complexity index is 299. The van der Waals surface area contributed by atoms with Gasteiger partial charge in [0.05, 0.1) is 12.1 Å². The van der Waals surface area contributed by atoms with Gasteiger partial charge in [-0.15, -0.1) is 0 Å². The van der Waals surface area contributed by atoms with Crippen LogP contribution in [0.1, 0.15) is 0 Å². The van der Waals surface area contributed by atoms with Crippen molar-refractivity contribution in [2.24, 2.45) is 0 Å². The minimum Gasteiger partial charge on any atom is -0.480 e. The van der Waals surface area contributed by atoms with E-state index in [0.29, 0.717) is 0 Å². The topological polar surface area (TPSA) is 114 Å². The van der Waals surface area contributed by atoms with Crippen LogP contribution < -0.4 is 0 Å². The summed E-state index contributed by atoms with van der Waals surface area (Å²) in [5.41, 5.74) is 0. The van der Waals surface area contributed by atoms with Gasteiger partial charge in [0.15, 0.2) is 0 Å². The third-order valence-electron chi connectivity index (χ3n) is 1.33. The van der Waals surface area contributed by atoms with E-state index in [9.17, 15) is 9.59 Å². The zero-order valence-electron chi connectivity index (χ0n) is 7.84. The van der Waals surface area contributed by atoms with Gasteiger partial charge in [-0.3, -0.25) is 4.79 Å². The van der Waals surface area contributed by atoms with Gasteiger partial charge in [-0.05, 0) is 0 Å². The molecule has 7 nitrogen and oxygen atoms in total. The minimum absolute atomic E-state index is 0.219. The summed E-state index contributed by atoms with van der Waals surface area (Å²) in [5.74, 6) is -1.77. The molecule has 0 aliphatic heterocycles. The first-order chi connectivity index (χ1) is 7.11. The maximum Gasteiger partial charge on any atom is 0.329 e. The van der Waals surface area contributed by atoms with E-state index in [4.69, 9.17) is 15.6 Å². The van der Waals surface area contributed by atoms with Gasteiger partial charge in [0.1, 0.15) is 26.3 Å². The molecule has 0 heterocycles. The third kappa shape index (κ3) is 6.02. The van der Waals surface area contributed by atoms with Crippen LogP contribution in [-0.2, 0) is 14.3 Å². The number of carbonyl (C=O) groups is 2. The average molecular weight is 211 g/mol. The van der Waals surface area contributed by atoms with Crippen molar-refractivity contribution in [3.05, 3.63) is 0 Å². The van der Waals surface area contributed by atoms with Crippen molar-refractivity contribution >= 4 is 11.9 Å². The van der Waals surface area contributed by atoms with E-state index in [1.165, 1.54) is 0 Å². The number of nitriles is 2. The van der Waals surface area contributed by atoms with E-state index in [1.54, 1.807) is 12.1 Å². The van der Waals surface area contributed by atoms with E-state index in [0.717, 1.165) is 4.90 Å². The highest BCUT2D eigenvalue weighted by Crippen LogP contribution is 1.89. The second-order valence-electron chi connectivity index (χ2n) is 2.45. The summed E-state index contributed by atoms with van der Waals surface area (Å²) in [6.07, 6.45) is 0. The highest BCUT2D eigenvalue weighted by molar-refractivity contribution is 5.78. The average Bonchev–Trinajstić information content (AvgIpc) is 2.16. The monoisotopic (exact) mass is 211 g/mol. The molecule has 1 N–H and O–H groups in total. The molecule has 0 radical (unpaired) electrons. The summed E-state index contributed by atoms with van der Waals surface area (Å²) in [5, 5.41) is 24.9. The highest BCUT2D eigenvalue weighted by Gasteiger charge is 2.13. The first kappa shape index (κ1) is 12.9. The van der Waals surface area contributed by atoms with Crippen molar-refractivity contribution in [3.63, 3.8) is 0 Å². The molecule has 0 atom stereocenters. The van der Waals surface area contributed by atoms with Gasteiger partial charge in [-0.2, -0.15) is 10.5 Å². The zero-order chi connectivity index (χ0) is 11.7. The Morgan fingerprint density at radius 1 is 1.20 bits per heavy atom. The number of nitrogens with zero attached hydrogens (tertiary/aromatic N) is 3. The molecule has 0 rings (SSSR count). The maximum absolute atomic E-state index is 11.2. The van der Waals surface area contributed by atoms with Crippen molar-refractivity contribution in [1.82, 2.24) is 4.90 Å². The van der Waals surface area contributed by atoms with Gasteiger partial charge in [0.2, 0.25) is 5.91 Å². The molecule has 0 aromatic rings. The highest BCUT2D eigenvalue weighted by atomic mass is 16.5. The molecular formula is C8H9N3O4. The number of carboxylic acids is 1. The smallest absolute Gasteiger partial charge is 0.329 e. The maximum atomic E-state index is 11.2. The molecular weight excluding hydrogens is 202 g/mol. The molecule has 0 bridgehead atoms. The molecule has 0 fully saturated rings. The van der Waals surface area contributed by atoms with E-state index < -0.39 is 25.1 Å². The van der Waals surface area contributed by atoms with Gasteiger partial charge in [-0.25, -0.2) is 4.79 Å². The third-order valence-corrected chi connectivity index (χ3v) is 1.33. The largest absolute Gasteiger partial charge is 0.480 e. The summed E-state index contributed by atoms with van der Waals surface area (Å²) < 4.78 is 4.52. The van der Waals surface area contributed by atoms with Crippen LogP contribution in [0.15, 0.2) is 0 Å². The van der Waals surface area contributed by atoms with Gasteiger partial charge >= 0.3 is 5.97 Å². The molecule has 0 saturated carbocycles. The Morgan fingerprint density at radius 2 is 1.73 bits per heavy atom. The Morgan fingerprint density at radius 3 is 2.13 bits per heavy atom. The first-order valence-corrected chi connectivity index (χ1v) is 3.93. The van der Waals surface area contributed by atoms with Gasteiger partial charge in [0, 0.05) is 0 Å². The van der Waals surface area contributed by atoms with Crippen molar-refractivity contribution in [3.8, 4) is 12.1 Å². The predicted octanol–water partition coefficient (Wildman–Crippen LogP) is -1.04.